The number of hydrogen-bond acceptors (Lipinski definition) is 1. The summed E-state index contributed by atoms with van der Waals surface area (Å²) in [6.07, 6.45) is 0. The van der Waals surface area contributed by atoms with E-state index >= 15 is 0 Å². The largest absolute Gasteiger partial charge is 0.285 e. The third kappa shape index (κ3) is 7.02. The lowest BCUT2D eigenvalue weighted by atomic mass is 10.4. The van der Waals surface area contributed by atoms with Crippen molar-refractivity contribution in [3.05, 3.63) is 31.4 Å². The van der Waals surface area contributed by atoms with Crippen molar-refractivity contribution in [2.45, 2.75) is 0 Å². The van der Waals surface area contributed by atoms with Gasteiger partial charge in [0.05, 0.1) is 0 Å². The molecule has 0 amide bonds. The van der Waals surface area contributed by atoms with Crippen LogP contribution in [0.15, 0.2) is 24.3 Å². The fourth-order valence-corrected chi connectivity index (χ4v) is 1.15. The average molecular weight is 394 g/mol. The molecule has 0 bridgehead atoms. The number of carbonyl (C=O) groups excluding carboxylic acids is 1. The predicted molar refractivity (Wildman–Crippen MR) is 64.5 cm³/mol. The molecule has 0 aliphatic rings. The lowest BCUT2D eigenvalue weighted by molar-refractivity contribution is 0.569. The monoisotopic (exact) mass is 394 g/mol. The molecule has 0 radical (unpaired) electrons. The Hall–Kier alpha value is 0.640. The molecular weight excluding hydrogens is 389 g/mol. The van der Waals surface area contributed by atoms with E-state index < -0.39 is 0 Å². The molecule has 0 atom stereocenters. The highest BCUT2D eigenvalue weighted by atomic mass is 127. The molecule has 0 unspecified atom stereocenters. The summed E-state index contributed by atoms with van der Waals surface area (Å²) in [5.41, 5.74) is 0. The second-order valence-corrected chi connectivity index (χ2v) is 4.19. The Labute approximate surface area is 97.8 Å². The summed E-state index contributed by atoms with van der Waals surface area (Å²) in [6.45, 7) is 0. The van der Waals surface area contributed by atoms with E-state index in [0.717, 1.165) is 0 Å². The molecule has 0 aliphatic heterocycles. The van der Waals surface area contributed by atoms with E-state index in [1.54, 1.807) is 0 Å². The van der Waals surface area contributed by atoms with Gasteiger partial charge in [0.2, 0.25) is 5.75 Å². The highest BCUT2D eigenvalue weighted by Crippen LogP contribution is 2.07. The van der Waals surface area contributed by atoms with Crippen molar-refractivity contribution >= 4 is 62.5 Å². The van der Waals surface area contributed by atoms with Gasteiger partial charge in [-0.05, 0) is 81.0 Å². The molecule has 0 heterocycles. The number of benzene rings is 1. The van der Waals surface area contributed by atoms with E-state index in [1.165, 1.54) is 7.14 Å². The molecule has 0 fully saturated rings. The summed E-state index contributed by atoms with van der Waals surface area (Å²) in [4.78, 5) is 8.57. The normalized spacial score (nSPS) is 7.91. The summed E-state index contributed by atoms with van der Waals surface area (Å²) in [7, 11) is 0. The van der Waals surface area contributed by atoms with Gasteiger partial charge < -0.3 is 0 Å². The predicted octanol–water partition coefficient (Wildman–Crippen LogP) is 3.31. The summed E-state index contributed by atoms with van der Waals surface area (Å²) in [5, 5.41) is 0. The number of halogens is 3. The van der Waals surface area contributed by atoms with Crippen molar-refractivity contribution in [2.24, 2.45) is 0 Å². The maximum atomic E-state index is 8.57. The van der Waals surface area contributed by atoms with Gasteiger partial charge in [-0.15, -0.1) is 0 Å². The zero-order valence-electron chi connectivity index (χ0n) is 5.43. The highest BCUT2D eigenvalue weighted by Gasteiger charge is 1.82. The number of hydrogen-bond donors (Lipinski definition) is 0. The molecule has 0 saturated carbocycles. The van der Waals surface area contributed by atoms with Crippen LogP contribution in [0.3, 0.4) is 0 Å². The fraction of sp³-hybridized carbons (Fsp3) is 0. The Morgan fingerprint density at radius 2 is 1.27 bits per heavy atom. The molecule has 1 aromatic rings. The van der Waals surface area contributed by atoms with Crippen LogP contribution < -0.4 is 0 Å². The van der Waals surface area contributed by atoms with Crippen LogP contribution in [-0.4, -0.2) is 5.75 Å². The van der Waals surface area contributed by atoms with Gasteiger partial charge in [-0.2, -0.15) is 0 Å². The second-order valence-electron chi connectivity index (χ2n) is 1.53. The van der Waals surface area contributed by atoms with Crippen LogP contribution in [-0.2, 0) is 4.79 Å². The smallest absolute Gasteiger partial charge is 0.208 e. The Kier molecular flexibility index (Phi) is 7.72. The quantitative estimate of drug-likeness (QED) is 0.375. The van der Waals surface area contributed by atoms with E-state index in [9.17, 15) is 0 Å². The molecule has 4 heteroatoms. The third-order valence-corrected chi connectivity index (χ3v) is 2.24. The summed E-state index contributed by atoms with van der Waals surface area (Å²) in [6, 6.07) is 8.40. The Bertz CT molecular complexity index is 189. The van der Waals surface area contributed by atoms with Gasteiger partial charge in [-0.1, -0.05) is 0 Å². The number of rotatable bonds is 0. The first-order valence-corrected chi connectivity index (χ1v) is 5.25. The summed E-state index contributed by atoms with van der Waals surface area (Å²) in [5.74, 6) is 0.222. The first-order valence-electron chi connectivity index (χ1n) is 2.65. The molecule has 1 aromatic carbocycles. The molecule has 0 saturated heterocycles. The third-order valence-electron chi connectivity index (χ3n) is 0.804. The van der Waals surface area contributed by atoms with Crippen LogP contribution in [0.25, 0.3) is 0 Å². The van der Waals surface area contributed by atoms with Gasteiger partial charge in [-0.25, -0.2) is 0 Å². The topological polar surface area (TPSA) is 17.1 Å². The zero-order chi connectivity index (χ0) is 8.69. The minimum Gasteiger partial charge on any atom is -0.285 e. The standard InChI is InChI=1S/C6H4I2.CHClO/c7-5-1-2-6(8)4-3-5;2-1-3/h1-4H;1H. The van der Waals surface area contributed by atoms with E-state index in [2.05, 4.69) is 81.0 Å². The Morgan fingerprint density at radius 1 is 1.09 bits per heavy atom. The van der Waals surface area contributed by atoms with Crippen LogP contribution in [0.1, 0.15) is 0 Å². The van der Waals surface area contributed by atoms with Crippen LogP contribution in [0, 0.1) is 7.14 Å². The molecule has 0 spiro atoms. The molecular formula is C7H5ClI2O. The molecule has 60 valence electrons. The van der Waals surface area contributed by atoms with Crippen molar-refractivity contribution in [2.75, 3.05) is 0 Å². The molecule has 0 aromatic heterocycles. The lowest BCUT2D eigenvalue weighted by Crippen LogP contribution is -1.68. The van der Waals surface area contributed by atoms with Crippen molar-refractivity contribution in [3.8, 4) is 0 Å². The maximum absolute atomic E-state index is 8.57. The fourth-order valence-electron chi connectivity index (χ4n) is 0.430. The molecule has 1 nitrogen and oxygen atoms in total. The van der Waals surface area contributed by atoms with E-state index in [-0.39, 0.29) is 5.75 Å². The van der Waals surface area contributed by atoms with Gasteiger partial charge in [0.1, 0.15) is 0 Å². The lowest BCUT2D eigenvalue weighted by Gasteiger charge is -1.87. The van der Waals surface area contributed by atoms with E-state index in [4.69, 9.17) is 4.79 Å². The van der Waals surface area contributed by atoms with Crippen LogP contribution >= 0.6 is 56.8 Å². The van der Waals surface area contributed by atoms with Crippen molar-refractivity contribution in [3.63, 3.8) is 0 Å². The van der Waals surface area contributed by atoms with Gasteiger partial charge in [-0.3, -0.25) is 4.79 Å². The second kappa shape index (κ2) is 7.30. The minimum atomic E-state index is 0.222. The minimum absolute atomic E-state index is 0.222. The van der Waals surface area contributed by atoms with E-state index in [0.29, 0.717) is 0 Å². The molecule has 11 heavy (non-hydrogen) atoms. The van der Waals surface area contributed by atoms with Crippen molar-refractivity contribution < 1.29 is 4.79 Å². The molecule has 0 aliphatic carbocycles. The van der Waals surface area contributed by atoms with Gasteiger partial charge in [0.25, 0.3) is 0 Å². The van der Waals surface area contributed by atoms with Gasteiger partial charge >= 0.3 is 0 Å². The van der Waals surface area contributed by atoms with Gasteiger partial charge in [0, 0.05) is 7.14 Å². The Morgan fingerprint density at radius 3 is 1.45 bits per heavy atom. The average Bonchev–Trinajstić information content (AvgIpc) is 1.97. The summed E-state index contributed by atoms with van der Waals surface area (Å²) < 4.78 is 2.59. The van der Waals surface area contributed by atoms with Crippen LogP contribution in [0.5, 0.6) is 0 Å². The van der Waals surface area contributed by atoms with Crippen LogP contribution in [0.4, 0.5) is 0 Å². The first kappa shape index (κ1) is 11.6. The maximum Gasteiger partial charge on any atom is 0.208 e. The van der Waals surface area contributed by atoms with Gasteiger partial charge in [0.15, 0.2) is 0 Å². The van der Waals surface area contributed by atoms with E-state index in [1.807, 2.05) is 0 Å². The highest BCUT2D eigenvalue weighted by molar-refractivity contribution is 14.1. The van der Waals surface area contributed by atoms with Crippen molar-refractivity contribution in [1.29, 1.82) is 0 Å². The molecule has 0 N–H and O–H groups in total. The SMILES string of the molecule is Ic1ccc(I)cc1.O=CCl. The van der Waals surface area contributed by atoms with Crippen molar-refractivity contribution in [1.82, 2.24) is 0 Å². The summed E-state index contributed by atoms with van der Waals surface area (Å²) >= 11 is 8.90. The Balaban J connectivity index is 0.000000292. The number of carbonyl (C=O) groups is 1. The zero-order valence-corrected chi connectivity index (χ0v) is 10.5. The molecule has 1 rings (SSSR count). The first-order chi connectivity index (χ1) is 5.20. The van der Waals surface area contributed by atoms with Crippen LogP contribution in [0.2, 0.25) is 0 Å².